The summed E-state index contributed by atoms with van der Waals surface area (Å²) < 4.78 is 29.3. The Morgan fingerprint density at radius 2 is 2.05 bits per heavy atom. The predicted molar refractivity (Wildman–Crippen MR) is 78.1 cm³/mol. The molecule has 2 aromatic rings. The van der Waals surface area contributed by atoms with Gasteiger partial charge >= 0.3 is 0 Å². The highest BCUT2D eigenvalue weighted by molar-refractivity contribution is 7.80. The molecule has 7 heteroatoms. The minimum Gasteiger partial charge on any atom is -0.389 e. The SMILES string of the molecule is CC(C)n1cc(Nc2ccc(C(N)=S)c(F)c2F)cn1. The van der Waals surface area contributed by atoms with Gasteiger partial charge in [0.05, 0.1) is 17.6 Å². The number of nitrogens with one attached hydrogen (secondary N) is 1. The molecule has 0 radical (unpaired) electrons. The molecule has 106 valence electrons. The van der Waals surface area contributed by atoms with Crippen LogP contribution in [0.25, 0.3) is 0 Å². The predicted octanol–water partition coefficient (Wildman–Crippen LogP) is 3.12. The van der Waals surface area contributed by atoms with Crippen molar-refractivity contribution in [3.63, 3.8) is 0 Å². The van der Waals surface area contributed by atoms with E-state index in [1.54, 1.807) is 17.1 Å². The number of thiocarbonyl (C=S) groups is 1. The Kier molecular flexibility index (Phi) is 3.99. The van der Waals surface area contributed by atoms with Crippen molar-refractivity contribution in [2.45, 2.75) is 19.9 Å². The molecule has 0 aliphatic carbocycles. The Morgan fingerprint density at radius 3 is 2.60 bits per heavy atom. The van der Waals surface area contributed by atoms with Crippen LogP contribution in [0.2, 0.25) is 0 Å². The third-order valence-corrected chi connectivity index (χ3v) is 2.98. The van der Waals surface area contributed by atoms with Crippen LogP contribution in [0.3, 0.4) is 0 Å². The molecule has 0 aliphatic heterocycles. The summed E-state index contributed by atoms with van der Waals surface area (Å²) in [5.41, 5.74) is 5.78. The number of halogens is 2. The number of nitrogens with zero attached hydrogens (tertiary/aromatic N) is 2. The highest BCUT2D eigenvalue weighted by Crippen LogP contribution is 2.24. The van der Waals surface area contributed by atoms with Crippen molar-refractivity contribution in [3.8, 4) is 0 Å². The largest absolute Gasteiger partial charge is 0.389 e. The maximum absolute atomic E-state index is 13.9. The molecule has 0 amide bonds. The highest BCUT2D eigenvalue weighted by atomic mass is 32.1. The molecule has 0 unspecified atom stereocenters. The fourth-order valence-corrected chi connectivity index (χ4v) is 1.83. The average molecular weight is 296 g/mol. The number of rotatable bonds is 4. The monoisotopic (exact) mass is 296 g/mol. The van der Waals surface area contributed by atoms with Gasteiger partial charge in [-0.1, -0.05) is 12.2 Å². The van der Waals surface area contributed by atoms with Crippen molar-refractivity contribution in [1.82, 2.24) is 9.78 Å². The van der Waals surface area contributed by atoms with Crippen LogP contribution in [0.4, 0.5) is 20.2 Å². The first-order valence-electron chi connectivity index (χ1n) is 5.99. The Balaban J connectivity index is 2.29. The number of anilines is 2. The van der Waals surface area contributed by atoms with Gasteiger partial charge in [-0.05, 0) is 26.0 Å². The molecule has 0 aliphatic rings. The van der Waals surface area contributed by atoms with E-state index in [4.69, 9.17) is 5.73 Å². The second kappa shape index (κ2) is 5.54. The number of nitrogens with two attached hydrogens (primary N) is 1. The van der Waals surface area contributed by atoms with E-state index in [-0.39, 0.29) is 22.3 Å². The molecular weight excluding hydrogens is 282 g/mol. The zero-order valence-electron chi connectivity index (χ0n) is 11.0. The Bertz CT molecular complexity index is 652. The first kappa shape index (κ1) is 14.4. The summed E-state index contributed by atoms with van der Waals surface area (Å²) in [7, 11) is 0. The molecule has 4 nitrogen and oxygen atoms in total. The molecule has 3 N–H and O–H groups in total. The van der Waals surface area contributed by atoms with Crippen LogP contribution in [0.5, 0.6) is 0 Å². The number of hydrogen-bond acceptors (Lipinski definition) is 3. The van der Waals surface area contributed by atoms with Crippen molar-refractivity contribution in [3.05, 3.63) is 41.7 Å². The Morgan fingerprint density at radius 1 is 1.35 bits per heavy atom. The third-order valence-electron chi connectivity index (χ3n) is 2.76. The van der Waals surface area contributed by atoms with E-state index in [9.17, 15) is 8.78 Å². The minimum atomic E-state index is -1.06. The van der Waals surface area contributed by atoms with Gasteiger partial charge in [0.15, 0.2) is 11.6 Å². The van der Waals surface area contributed by atoms with E-state index in [1.807, 2.05) is 13.8 Å². The maximum atomic E-state index is 13.9. The smallest absolute Gasteiger partial charge is 0.182 e. The molecular formula is C13H14F2N4S. The highest BCUT2D eigenvalue weighted by Gasteiger charge is 2.15. The van der Waals surface area contributed by atoms with Gasteiger partial charge in [0.25, 0.3) is 0 Å². The summed E-state index contributed by atoms with van der Waals surface area (Å²) in [6.45, 7) is 3.93. The molecule has 1 aromatic carbocycles. The number of aromatic nitrogens is 2. The number of hydrogen-bond donors (Lipinski definition) is 2. The molecule has 0 bridgehead atoms. The van der Waals surface area contributed by atoms with Crippen LogP contribution in [-0.2, 0) is 0 Å². The summed E-state index contributed by atoms with van der Waals surface area (Å²) >= 11 is 4.65. The molecule has 1 aromatic heterocycles. The van der Waals surface area contributed by atoms with Crippen molar-refractivity contribution >= 4 is 28.6 Å². The van der Waals surface area contributed by atoms with Crippen LogP contribution in [0, 0.1) is 11.6 Å². The summed E-state index contributed by atoms with van der Waals surface area (Å²) in [4.78, 5) is -0.180. The summed E-state index contributed by atoms with van der Waals surface area (Å²) in [5, 5.41) is 6.88. The molecule has 1 heterocycles. The second-order valence-corrected chi connectivity index (χ2v) is 5.02. The van der Waals surface area contributed by atoms with Crippen LogP contribution in [-0.4, -0.2) is 14.8 Å². The van der Waals surface area contributed by atoms with Crippen LogP contribution < -0.4 is 11.1 Å². The molecule has 0 saturated carbocycles. The first-order valence-corrected chi connectivity index (χ1v) is 6.40. The lowest BCUT2D eigenvalue weighted by Gasteiger charge is -2.09. The van der Waals surface area contributed by atoms with Crippen LogP contribution in [0.15, 0.2) is 24.5 Å². The molecule has 0 spiro atoms. The zero-order chi connectivity index (χ0) is 14.9. The third kappa shape index (κ3) is 2.77. The van der Waals surface area contributed by atoms with E-state index in [0.717, 1.165) is 0 Å². The van der Waals surface area contributed by atoms with E-state index >= 15 is 0 Å². The maximum Gasteiger partial charge on any atom is 0.182 e. The molecule has 0 saturated heterocycles. The van der Waals surface area contributed by atoms with Gasteiger partial charge in [-0.2, -0.15) is 5.10 Å². The van der Waals surface area contributed by atoms with Gasteiger partial charge in [-0.3, -0.25) is 4.68 Å². The lowest BCUT2D eigenvalue weighted by molar-refractivity contribution is 0.510. The van der Waals surface area contributed by atoms with Crippen molar-refractivity contribution < 1.29 is 8.78 Å². The van der Waals surface area contributed by atoms with Crippen LogP contribution in [0.1, 0.15) is 25.5 Å². The van der Waals surface area contributed by atoms with E-state index < -0.39 is 11.6 Å². The summed E-state index contributed by atoms with van der Waals surface area (Å²) in [5.74, 6) is -2.08. The minimum absolute atomic E-state index is 0.00538. The first-order chi connectivity index (χ1) is 9.40. The fraction of sp³-hybridized carbons (Fsp3) is 0.231. The van der Waals surface area contributed by atoms with Crippen molar-refractivity contribution in [2.75, 3.05) is 5.32 Å². The van der Waals surface area contributed by atoms with Crippen LogP contribution >= 0.6 is 12.2 Å². The van der Waals surface area contributed by atoms with E-state index in [1.165, 1.54) is 12.1 Å². The topological polar surface area (TPSA) is 55.9 Å². The molecule has 20 heavy (non-hydrogen) atoms. The van der Waals surface area contributed by atoms with Gasteiger partial charge < -0.3 is 11.1 Å². The lowest BCUT2D eigenvalue weighted by atomic mass is 10.1. The summed E-state index contributed by atoms with van der Waals surface area (Å²) in [6.07, 6.45) is 3.25. The lowest BCUT2D eigenvalue weighted by Crippen LogP contribution is -2.13. The average Bonchev–Trinajstić information content (AvgIpc) is 2.83. The Labute approximate surface area is 120 Å². The zero-order valence-corrected chi connectivity index (χ0v) is 11.8. The van der Waals surface area contributed by atoms with Gasteiger partial charge in [0.2, 0.25) is 0 Å². The van der Waals surface area contributed by atoms with E-state index in [0.29, 0.717) is 5.69 Å². The quantitative estimate of drug-likeness (QED) is 0.851. The summed E-state index contributed by atoms with van der Waals surface area (Å²) in [6, 6.07) is 2.92. The molecule has 0 atom stereocenters. The Hall–Kier alpha value is -2.02. The standard InChI is InChI=1S/C13H14F2N4S/c1-7(2)19-6-8(5-17-19)18-10-4-3-9(13(16)20)11(14)12(10)15/h3-7,18H,1-2H3,(H2,16,20). The second-order valence-electron chi connectivity index (χ2n) is 4.58. The van der Waals surface area contributed by atoms with Crippen molar-refractivity contribution in [1.29, 1.82) is 0 Å². The van der Waals surface area contributed by atoms with Gasteiger partial charge in [-0.25, -0.2) is 8.78 Å². The fourth-order valence-electron chi connectivity index (χ4n) is 1.68. The van der Waals surface area contributed by atoms with Gasteiger partial charge in [-0.15, -0.1) is 0 Å². The van der Waals surface area contributed by atoms with E-state index in [2.05, 4.69) is 22.6 Å². The normalized spacial score (nSPS) is 10.8. The van der Waals surface area contributed by atoms with Gasteiger partial charge in [0, 0.05) is 17.8 Å². The number of benzene rings is 1. The van der Waals surface area contributed by atoms with Gasteiger partial charge in [0.1, 0.15) is 4.99 Å². The molecule has 0 fully saturated rings. The molecule has 2 rings (SSSR count). The van der Waals surface area contributed by atoms with Crippen molar-refractivity contribution in [2.24, 2.45) is 5.73 Å².